The summed E-state index contributed by atoms with van der Waals surface area (Å²) < 4.78 is 81.4. The molecule has 0 unspecified atom stereocenters. The number of fused-ring (bicyclic) bond motifs is 1. The van der Waals surface area contributed by atoms with Crippen molar-refractivity contribution in [1.29, 1.82) is 0 Å². The molecule has 46 heavy (non-hydrogen) atoms. The molecular weight excluding hydrogens is 619 g/mol. The zero-order valence-corrected chi connectivity index (χ0v) is 26.6. The highest BCUT2D eigenvalue weighted by atomic mass is 32.2. The number of anilines is 4. The fraction of sp³-hybridized carbons (Fsp3) is 0.333. The first-order valence-electron chi connectivity index (χ1n) is 14.7. The molecule has 3 aromatic carbocycles. The van der Waals surface area contributed by atoms with Gasteiger partial charge in [0.25, 0.3) is 0 Å². The number of methoxy groups -OCH3 is 1. The molecule has 5 rings (SSSR count). The van der Waals surface area contributed by atoms with Crippen LogP contribution in [0.2, 0.25) is 0 Å². The number of nitrogens with one attached hydrogen (secondary N) is 3. The summed E-state index contributed by atoms with van der Waals surface area (Å²) in [5.41, 5.74) is 3.57. The largest absolute Gasteiger partial charge is 0.495 e. The van der Waals surface area contributed by atoms with Crippen LogP contribution in [0.4, 0.5) is 35.9 Å². The molecule has 4 aromatic rings. The Morgan fingerprint density at radius 3 is 2.43 bits per heavy atom. The van der Waals surface area contributed by atoms with Gasteiger partial charge in [0.2, 0.25) is 10.0 Å². The third-order valence-electron chi connectivity index (χ3n) is 7.56. The molecule has 1 aromatic heterocycles. The standard InChI is InChI=1S/C33H36F3N5O4S/c1-40(2)25-11-9-23(10-12-25)38-29-7-4-8-31-28(29)20-26(41(31)22-33(34,35)36)6-5-17-37-30-14-13-27(21-32(30)44-3)46(42,43)39-24-15-18-45-19-16-24/h4,7-14,20-21,24,37-39H,15-19,22H2,1-3H3. The van der Waals surface area contributed by atoms with E-state index in [-0.39, 0.29) is 28.9 Å². The fourth-order valence-corrected chi connectivity index (χ4v) is 6.53. The fourth-order valence-electron chi connectivity index (χ4n) is 5.21. The quantitative estimate of drug-likeness (QED) is 0.182. The van der Waals surface area contributed by atoms with E-state index < -0.39 is 22.7 Å². The van der Waals surface area contributed by atoms with Gasteiger partial charge in [-0.3, -0.25) is 0 Å². The van der Waals surface area contributed by atoms with E-state index in [0.29, 0.717) is 48.3 Å². The van der Waals surface area contributed by atoms with Gasteiger partial charge in [-0.1, -0.05) is 12.0 Å². The topological polar surface area (TPSA) is 96.9 Å². The number of alkyl halides is 3. The van der Waals surface area contributed by atoms with Crippen molar-refractivity contribution < 1.29 is 31.1 Å². The lowest BCUT2D eigenvalue weighted by atomic mass is 10.1. The molecule has 0 radical (unpaired) electrons. The molecule has 0 amide bonds. The molecule has 0 atom stereocenters. The Morgan fingerprint density at radius 1 is 1.02 bits per heavy atom. The summed E-state index contributed by atoms with van der Waals surface area (Å²) in [5.74, 6) is 6.08. The van der Waals surface area contributed by atoms with Crippen LogP contribution >= 0.6 is 0 Å². The Morgan fingerprint density at radius 2 is 1.76 bits per heavy atom. The number of nitrogens with zero attached hydrogens (tertiary/aromatic N) is 2. The summed E-state index contributed by atoms with van der Waals surface area (Å²) in [6.07, 6.45) is -3.26. The SMILES string of the molecule is COc1cc(S(=O)(=O)NC2CCOCC2)ccc1NCC#Cc1cc2c(Nc3ccc(N(C)C)cc3)cccc2n1CC(F)(F)F. The molecular formula is C33H36F3N5O4S. The monoisotopic (exact) mass is 655 g/mol. The molecule has 1 fully saturated rings. The highest BCUT2D eigenvalue weighted by Crippen LogP contribution is 2.32. The Bertz CT molecular complexity index is 1840. The minimum absolute atomic E-state index is 0.0576. The van der Waals surface area contributed by atoms with E-state index in [4.69, 9.17) is 9.47 Å². The number of sulfonamides is 1. The van der Waals surface area contributed by atoms with E-state index >= 15 is 0 Å². The number of hydrogen-bond donors (Lipinski definition) is 3. The van der Waals surface area contributed by atoms with Crippen LogP contribution in [-0.2, 0) is 21.3 Å². The second-order valence-corrected chi connectivity index (χ2v) is 12.8. The molecule has 13 heteroatoms. The van der Waals surface area contributed by atoms with E-state index in [1.165, 1.54) is 19.2 Å². The van der Waals surface area contributed by atoms with Crippen LogP contribution in [0.3, 0.4) is 0 Å². The van der Waals surface area contributed by atoms with Gasteiger partial charge in [0, 0.05) is 61.9 Å². The van der Waals surface area contributed by atoms with E-state index in [0.717, 1.165) is 15.9 Å². The predicted octanol–water partition coefficient (Wildman–Crippen LogP) is 5.94. The van der Waals surface area contributed by atoms with Crippen LogP contribution < -0.4 is 25.0 Å². The van der Waals surface area contributed by atoms with Crippen LogP contribution in [0.1, 0.15) is 18.5 Å². The van der Waals surface area contributed by atoms with Crippen molar-refractivity contribution in [2.45, 2.75) is 36.5 Å². The van der Waals surface area contributed by atoms with Gasteiger partial charge < -0.3 is 29.6 Å². The van der Waals surface area contributed by atoms with E-state index in [1.807, 2.05) is 49.3 Å². The van der Waals surface area contributed by atoms with Gasteiger partial charge in [0.05, 0.1) is 35.4 Å². The van der Waals surface area contributed by atoms with Crippen molar-refractivity contribution in [2.24, 2.45) is 0 Å². The first-order valence-corrected chi connectivity index (χ1v) is 16.2. The Labute approximate surface area is 266 Å². The second kappa shape index (κ2) is 13.9. The van der Waals surface area contributed by atoms with E-state index in [2.05, 4.69) is 27.2 Å². The van der Waals surface area contributed by atoms with Crippen molar-refractivity contribution in [1.82, 2.24) is 9.29 Å². The number of halogens is 3. The lowest BCUT2D eigenvalue weighted by Gasteiger charge is -2.23. The van der Waals surface area contributed by atoms with Crippen molar-refractivity contribution in [3.63, 3.8) is 0 Å². The maximum absolute atomic E-state index is 13.7. The molecule has 3 N–H and O–H groups in total. The van der Waals surface area contributed by atoms with Gasteiger partial charge in [-0.05, 0) is 73.4 Å². The normalized spacial score (nSPS) is 14.0. The smallest absolute Gasteiger partial charge is 0.406 e. The maximum atomic E-state index is 13.7. The molecule has 2 heterocycles. The van der Waals surface area contributed by atoms with Crippen molar-refractivity contribution in [2.75, 3.05) is 56.5 Å². The summed E-state index contributed by atoms with van der Waals surface area (Å²) in [6, 6.07) is 18.8. The Kier molecular flexibility index (Phi) is 10.0. The summed E-state index contributed by atoms with van der Waals surface area (Å²) >= 11 is 0. The zero-order valence-electron chi connectivity index (χ0n) is 25.7. The lowest BCUT2D eigenvalue weighted by Crippen LogP contribution is -2.38. The summed E-state index contributed by atoms with van der Waals surface area (Å²) in [7, 11) is 1.53. The lowest BCUT2D eigenvalue weighted by molar-refractivity contribution is -0.140. The van der Waals surface area contributed by atoms with Crippen LogP contribution in [0.25, 0.3) is 10.9 Å². The highest BCUT2D eigenvalue weighted by molar-refractivity contribution is 7.89. The van der Waals surface area contributed by atoms with Crippen molar-refractivity contribution in [3.05, 3.63) is 72.4 Å². The van der Waals surface area contributed by atoms with E-state index in [1.54, 1.807) is 24.3 Å². The van der Waals surface area contributed by atoms with Gasteiger partial charge in [0.15, 0.2) is 0 Å². The van der Waals surface area contributed by atoms with Crippen molar-refractivity contribution >= 4 is 43.7 Å². The molecule has 244 valence electrons. The first-order chi connectivity index (χ1) is 21.9. The minimum Gasteiger partial charge on any atom is -0.495 e. The second-order valence-electron chi connectivity index (χ2n) is 11.1. The summed E-state index contributed by atoms with van der Waals surface area (Å²) in [5, 5.41) is 7.00. The molecule has 1 aliphatic rings. The molecule has 1 saturated heterocycles. The number of aromatic nitrogens is 1. The number of ether oxygens (including phenoxy) is 2. The Balaban J connectivity index is 1.35. The van der Waals surface area contributed by atoms with Crippen LogP contribution in [0.15, 0.2) is 71.6 Å². The third kappa shape index (κ3) is 8.06. The maximum Gasteiger partial charge on any atom is 0.406 e. The number of benzene rings is 3. The zero-order chi connectivity index (χ0) is 32.9. The molecule has 0 spiro atoms. The summed E-state index contributed by atoms with van der Waals surface area (Å²) in [6.45, 7) is -0.123. The van der Waals surface area contributed by atoms with Crippen molar-refractivity contribution in [3.8, 4) is 17.6 Å². The predicted molar refractivity (Wildman–Crippen MR) is 175 cm³/mol. The van der Waals surface area contributed by atoms with Gasteiger partial charge in [-0.15, -0.1) is 0 Å². The summed E-state index contributed by atoms with van der Waals surface area (Å²) in [4.78, 5) is 2.03. The molecule has 0 aliphatic carbocycles. The molecule has 0 bridgehead atoms. The van der Waals surface area contributed by atoms with Gasteiger partial charge in [-0.25, -0.2) is 13.1 Å². The first kappa shape index (κ1) is 33.0. The average molecular weight is 656 g/mol. The van der Waals surface area contributed by atoms with Gasteiger partial charge >= 0.3 is 6.18 Å². The van der Waals surface area contributed by atoms with Gasteiger partial charge in [0.1, 0.15) is 12.3 Å². The van der Waals surface area contributed by atoms with E-state index in [9.17, 15) is 21.6 Å². The van der Waals surface area contributed by atoms with Crippen LogP contribution in [-0.4, -0.2) is 66.2 Å². The molecule has 1 aliphatic heterocycles. The van der Waals surface area contributed by atoms with Crippen LogP contribution in [0, 0.1) is 11.8 Å². The molecule has 9 nitrogen and oxygen atoms in total. The van der Waals surface area contributed by atoms with Gasteiger partial charge in [-0.2, -0.15) is 13.2 Å². The molecule has 0 saturated carbocycles. The minimum atomic E-state index is -4.46. The van der Waals surface area contributed by atoms with Crippen LogP contribution in [0.5, 0.6) is 5.75 Å². The third-order valence-corrected chi connectivity index (χ3v) is 9.07. The highest BCUT2D eigenvalue weighted by Gasteiger charge is 2.30. The Hall–Kier alpha value is -4.38. The number of rotatable bonds is 10. The average Bonchev–Trinajstić information content (AvgIpc) is 3.36. The number of hydrogen-bond acceptors (Lipinski definition) is 7.